The molecule has 0 saturated carbocycles. The first-order valence-electron chi connectivity index (χ1n) is 0.548. The fourth-order valence-electron chi connectivity index (χ4n) is 0. The van der Waals surface area contributed by atoms with Gasteiger partial charge >= 0.3 is 0 Å². The van der Waals surface area contributed by atoms with Crippen molar-refractivity contribution in [2.45, 2.75) is 0 Å². The van der Waals surface area contributed by atoms with Crippen LogP contribution in [0.15, 0.2) is 0 Å². The predicted molar refractivity (Wildman–Crippen MR) is 13.4 cm³/mol. The first kappa shape index (κ1) is 8.92. The topological polar surface area (TPSA) is 63.2 Å². The van der Waals surface area contributed by atoms with E-state index in [0.717, 1.165) is 0 Å². The van der Waals surface area contributed by atoms with E-state index in [1.54, 1.807) is 0 Å². The summed E-state index contributed by atoms with van der Waals surface area (Å²) in [6, 6.07) is 0. The van der Waals surface area contributed by atoms with Gasteiger partial charge in [-0.1, -0.05) is 4.57 Å². The van der Waals surface area contributed by atoms with Crippen LogP contribution in [-0.2, 0) is 4.57 Å². The zero-order chi connectivity index (χ0) is 3.58. The van der Waals surface area contributed by atoms with Crippen molar-refractivity contribution in [3.05, 3.63) is 0 Å². The summed E-state index contributed by atoms with van der Waals surface area (Å²) < 4.78 is 8.48. The van der Waals surface area contributed by atoms with E-state index >= 15 is 0 Å². The van der Waals surface area contributed by atoms with E-state index in [9.17, 15) is 0 Å². The Hall–Kier alpha value is 0.0849. The van der Waals surface area contributed by atoms with Gasteiger partial charge in [0.1, 0.15) is 0 Å². The molecule has 0 unspecified atom stereocenters. The third-order valence-corrected chi connectivity index (χ3v) is 0. The molecule has 0 amide bonds. The molecule has 0 aliphatic carbocycles. The number of hydrogen-bond donors (Lipinski definition) is 0. The zero-order valence-corrected chi connectivity index (χ0v) is 3.14. The van der Waals surface area contributed by atoms with Gasteiger partial charge in [0.25, 0.3) is 8.25 Å². The van der Waals surface area contributed by atoms with Gasteiger partial charge in [-0.05, 0) is 0 Å². The van der Waals surface area contributed by atoms with Crippen LogP contribution in [-0.4, -0.2) is 8.41 Å². The Morgan fingerprint density at radius 3 is 1.40 bits per heavy atom. The molecule has 0 heterocycles. The van der Waals surface area contributed by atoms with Gasteiger partial charge in [0.2, 0.25) is 0 Å². The van der Waals surface area contributed by atoms with Gasteiger partial charge in [-0.25, -0.2) is 0 Å². The van der Waals surface area contributed by atoms with Gasteiger partial charge in [-0.15, -0.1) is 0 Å². The van der Waals surface area contributed by atoms with Crippen LogP contribution in [0.5, 0.6) is 0 Å². The predicted octanol–water partition coefficient (Wildman–Crippen LogP) is -2.02. The molecular formula is BO3P-. The summed E-state index contributed by atoms with van der Waals surface area (Å²) >= 11 is 0. The van der Waals surface area contributed by atoms with Crippen LogP contribution in [0.25, 0.3) is 0 Å². The normalized spacial score (nSPS) is 5.20. The second-order valence-corrected chi connectivity index (χ2v) is 0.671. The van der Waals surface area contributed by atoms with Gasteiger partial charge < -0.3 is 9.79 Å². The summed E-state index contributed by atoms with van der Waals surface area (Å²) in [6.45, 7) is 0. The maximum Gasteiger partial charge on any atom is 0.276 e. The third kappa shape index (κ3) is 2460. The highest BCUT2D eigenvalue weighted by Crippen LogP contribution is 1.79. The molecule has 0 spiro atoms. The third-order valence-electron chi connectivity index (χ3n) is 0. The van der Waals surface area contributed by atoms with Crippen molar-refractivity contribution in [2.75, 3.05) is 0 Å². The average molecular weight is 89.8 g/mol. The summed E-state index contributed by atoms with van der Waals surface area (Å²) in [5, 5.41) is 0. The molecule has 3 nitrogen and oxygen atoms in total. The summed E-state index contributed by atoms with van der Waals surface area (Å²) in [7, 11) is -3.37. The van der Waals surface area contributed by atoms with Crippen LogP contribution < -0.4 is 9.79 Å². The molecule has 0 fully saturated rings. The Balaban J connectivity index is 0. The average Bonchev–Trinajstić information content (AvgIpc) is 0.811. The van der Waals surface area contributed by atoms with Crippen molar-refractivity contribution in [1.82, 2.24) is 0 Å². The van der Waals surface area contributed by atoms with E-state index in [1.165, 1.54) is 0 Å². The van der Waals surface area contributed by atoms with Gasteiger partial charge in [0.05, 0.1) is 0 Å². The van der Waals surface area contributed by atoms with Crippen molar-refractivity contribution in [2.24, 2.45) is 0 Å². The van der Waals surface area contributed by atoms with Crippen molar-refractivity contribution in [1.29, 1.82) is 0 Å². The SMILES string of the molecule is O=[P+]([O-])[O-].[B]. The molecule has 0 aliphatic rings. The van der Waals surface area contributed by atoms with E-state index in [1.807, 2.05) is 0 Å². The maximum absolute atomic E-state index is 8.48. The van der Waals surface area contributed by atoms with Crippen LogP contribution in [0.1, 0.15) is 0 Å². The van der Waals surface area contributed by atoms with Gasteiger partial charge in [0, 0.05) is 8.41 Å². The fraction of sp³-hybridized carbons (Fsp3) is 0. The summed E-state index contributed by atoms with van der Waals surface area (Å²) in [5.74, 6) is 0. The Bertz CT molecular complexity index is 29.9. The maximum atomic E-state index is 8.48. The lowest BCUT2D eigenvalue weighted by molar-refractivity contribution is -0.297. The van der Waals surface area contributed by atoms with Gasteiger partial charge in [-0.3, -0.25) is 0 Å². The minimum atomic E-state index is -3.37. The lowest BCUT2D eigenvalue weighted by Gasteiger charge is -1.75. The largest absolute Gasteiger partial charge is 0.598 e. The molecule has 0 aliphatic heterocycles. The molecule has 0 aromatic rings. The van der Waals surface area contributed by atoms with E-state index in [4.69, 9.17) is 14.4 Å². The van der Waals surface area contributed by atoms with Crippen LogP contribution in [0, 0.1) is 0 Å². The smallest absolute Gasteiger partial charge is 0.276 e. The highest BCUT2D eigenvalue weighted by atomic mass is 31.1. The lowest BCUT2D eigenvalue weighted by atomic mass is 10.8. The van der Waals surface area contributed by atoms with Crippen LogP contribution >= 0.6 is 8.25 Å². The van der Waals surface area contributed by atoms with E-state index in [2.05, 4.69) is 0 Å². The van der Waals surface area contributed by atoms with Crippen molar-refractivity contribution in [3.63, 3.8) is 0 Å². The molecule has 0 rings (SSSR count). The molecule has 27 valence electrons. The molecular weight excluding hydrogens is 89.8 g/mol. The molecule has 0 aromatic carbocycles. The molecule has 0 atom stereocenters. The molecule has 5 heavy (non-hydrogen) atoms. The molecule has 5 heteroatoms. The Kier molecular flexibility index (Phi) is 7.28. The monoisotopic (exact) mass is 90.0 g/mol. The van der Waals surface area contributed by atoms with Gasteiger partial charge in [-0.2, -0.15) is 0 Å². The number of rotatable bonds is 0. The Morgan fingerprint density at radius 1 is 1.40 bits per heavy atom. The van der Waals surface area contributed by atoms with Crippen molar-refractivity contribution in [3.8, 4) is 0 Å². The Labute approximate surface area is 32.2 Å². The first-order chi connectivity index (χ1) is 1.73. The van der Waals surface area contributed by atoms with Crippen molar-refractivity contribution >= 4 is 16.7 Å². The summed E-state index contributed by atoms with van der Waals surface area (Å²) in [5.41, 5.74) is 0. The van der Waals surface area contributed by atoms with E-state index < -0.39 is 8.25 Å². The second-order valence-electron chi connectivity index (χ2n) is 0.224. The minimum Gasteiger partial charge on any atom is -0.598 e. The van der Waals surface area contributed by atoms with Gasteiger partial charge in [0.15, 0.2) is 0 Å². The standard InChI is InChI=1S/B.HO3P/c;1-4(2)3/h;(H,1,2,3)/p-1. The van der Waals surface area contributed by atoms with E-state index in [0.29, 0.717) is 0 Å². The Morgan fingerprint density at radius 2 is 1.40 bits per heavy atom. The zero-order valence-electron chi connectivity index (χ0n) is 2.25. The van der Waals surface area contributed by atoms with Crippen molar-refractivity contribution < 1.29 is 14.4 Å². The summed E-state index contributed by atoms with van der Waals surface area (Å²) in [4.78, 5) is 17.0. The number of hydrogen-bond acceptors (Lipinski definition) is 3. The summed E-state index contributed by atoms with van der Waals surface area (Å²) in [6.07, 6.45) is 0. The van der Waals surface area contributed by atoms with E-state index in [-0.39, 0.29) is 8.41 Å². The molecule has 3 radical (unpaired) electrons. The fourth-order valence-corrected chi connectivity index (χ4v) is 0. The van der Waals surface area contributed by atoms with Crippen LogP contribution in [0.2, 0.25) is 0 Å². The second kappa shape index (κ2) is 4.08. The molecule has 0 bridgehead atoms. The minimum absolute atomic E-state index is 0. The molecule has 0 saturated heterocycles. The van der Waals surface area contributed by atoms with Crippen LogP contribution in [0.3, 0.4) is 0 Å². The molecule has 0 N–H and O–H groups in total. The quantitative estimate of drug-likeness (QED) is 0.255. The lowest BCUT2D eigenvalue weighted by Crippen LogP contribution is -1.97. The highest BCUT2D eigenvalue weighted by molar-refractivity contribution is 7.27. The first-order valence-corrected chi connectivity index (χ1v) is 1.64. The highest BCUT2D eigenvalue weighted by Gasteiger charge is 1.53. The molecule has 0 aromatic heterocycles. The van der Waals surface area contributed by atoms with Crippen LogP contribution in [0.4, 0.5) is 0 Å².